The molecule has 116 valence electrons. The van der Waals surface area contributed by atoms with Crippen LogP contribution in [0.5, 0.6) is 0 Å². The molecule has 0 saturated carbocycles. The van der Waals surface area contributed by atoms with Crippen molar-refractivity contribution in [3.05, 3.63) is 22.4 Å². The summed E-state index contributed by atoms with van der Waals surface area (Å²) < 4.78 is 11.2. The minimum atomic E-state index is -0.729. The summed E-state index contributed by atoms with van der Waals surface area (Å²) in [6, 6.07) is 4.21. The van der Waals surface area contributed by atoms with E-state index >= 15 is 0 Å². The molecule has 2 saturated heterocycles. The van der Waals surface area contributed by atoms with Crippen molar-refractivity contribution in [2.75, 3.05) is 46.0 Å². The van der Waals surface area contributed by atoms with Crippen LogP contribution in [0.15, 0.2) is 17.5 Å². The van der Waals surface area contributed by atoms with E-state index in [0.29, 0.717) is 39.5 Å². The maximum absolute atomic E-state index is 12.7. The third-order valence-corrected chi connectivity index (χ3v) is 4.92. The van der Waals surface area contributed by atoms with E-state index in [2.05, 4.69) is 22.4 Å². The second-order valence-corrected chi connectivity index (χ2v) is 6.81. The number of hydrogen-bond acceptors (Lipinski definition) is 5. The largest absolute Gasteiger partial charge is 0.378 e. The Morgan fingerprint density at radius 2 is 2.14 bits per heavy atom. The van der Waals surface area contributed by atoms with Crippen molar-refractivity contribution in [2.24, 2.45) is 0 Å². The molecule has 1 amide bonds. The van der Waals surface area contributed by atoms with E-state index in [1.165, 1.54) is 4.88 Å². The molecule has 2 aliphatic heterocycles. The molecule has 0 N–H and O–H groups in total. The van der Waals surface area contributed by atoms with Crippen molar-refractivity contribution >= 4 is 17.2 Å². The number of ether oxygens (including phenoxy) is 2. The predicted molar refractivity (Wildman–Crippen MR) is 81.4 cm³/mol. The van der Waals surface area contributed by atoms with Crippen LogP contribution in [0, 0.1) is 0 Å². The molecule has 3 rings (SSSR count). The molecule has 0 unspecified atom stereocenters. The molecule has 0 bridgehead atoms. The number of rotatable bonds is 3. The Labute approximate surface area is 129 Å². The molecule has 5 nitrogen and oxygen atoms in total. The molecule has 1 aromatic heterocycles. The van der Waals surface area contributed by atoms with Crippen molar-refractivity contribution in [1.82, 2.24) is 9.80 Å². The van der Waals surface area contributed by atoms with Crippen molar-refractivity contribution in [2.45, 2.75) is 19.1 Å². The molecule has 6 heteroatoms. The Hall–Kier alpha value is -0.950. The van der Waals surface area contributed by atoms with E-state index in [1.807, 2.05) is 11.8 Å². The van der Waals surface area contributed by atoms with Crippen molar-refractivity contribution in [3.63, 3.8) is 0 Å². The third kappa shape index (κ3) is 3.45. The van der Waals surface area contributed by atoms with E-state index in [1.54, 1.807) is 11.3 Å². The minimum Gasteiger partial charge on any atom is -0.378 e. The highest BCUT2D eigenvalue weighted by molar-refractivity contribution is 7.09. The molecule has 2 fully saturated rings. The van der Waals surface area contributed by atoms with Crippen LogP contribution in [0.2, 0.25) is 0 Å². The standard InChI is InChI=1S/C15H22N2O3S/c1-15(14(18)17-5-7-19-8-6-17)12-16(4-9-20-15)11-13-3-2-10-21-13/h2-3,10H,4-9,11-12H2,1H3/t15-/m0/s1. The van der Waals surface area contributed by atoms with Gasteiger partial charge in [-0.15, -0.1) is 11.3 Å². The average molecular weight is 310 g/mol. The number of thiophene rings is 1. The van der Waals surface area contributed by atoms with Gasteiger partial charge in [0.1, 0.15) is 0 Å². The van der Waals surface area contributed by atoms with Crippen LogP contribution in [0.25, 0.3) is 0 Å². The monoisotopic (exact) mass is 310 g/mol. The summed E-state index contributed by atoms with van der Waals surface area (Å²) in [4.78, 5) is 18.3. The van der Waals surface area contributed by atoms with Crippen LogP contribution in [-0.4, -0.2) is 67.3 Å². The molecule has 0 radical (unpaired) electrons. The fourth-order valence-electron chi connectivity index (χ4n) is 2.94. The lowest BCUT2D eigenvalue weighted by molar-refractivity contribution is -0.171. The Bertz CT molecular complexity index is 473. The molecular weight excluding hydrogens is 288 g/mol. The van der Waals surface area contributed by atoms with E-state index in [0.717, 1.165) is 13.1 Å². The zero-order valence-corrected chi connectivity index (χ0v) is 13.2. The van der Waals surface area contributed by atoms with E-state index in [4.69, 9.17) is 9.47 Å². The first-order chi connectivity index (χ1) is 10.2. The number of nitrogens with zero attached hydrogens (tertiary/aromatic N) is 2. The lowest BCUT2D eigenvalue weighted by Gasteiger charge is -2.42. The van der Waals surface area contributed by atoms with Crippen LogP contribution in [0.1, 0.15) is 11.8 Å². The fraction of sp³-hybridized carbons (Fsp3) is 0.667. The summed E-state index contributed by atoms with van der Waals surface area (Å²) in [6.45, 7) is 7.55. The predicted octanol–water partition coefficient (Wildman–Crippen LogP) is 1.20. The summed E-state index contributed by atoms with van der Waals surface area (Å²) in [7, 11) is 0. The van der Waals surface area contributed by atoms with E-state index in [-0.39, 0.29) is 5.91 Å². The molecule has 0 spiro atoms. The molecule has 2 aliphatic rings. The van der Waals surface area contributed by atoms with Gasteiger partial charge >= 0.3 is 0 Å². The van der Waals surface area contributed by atoms with Gasteiger partial charge in [-0.2, -0.15) is 0 Å². The quantitative estimate of drug-likeness (QED) is 0.841. The number of hydrogen-bond donors (Lipinski definition) is 0. The van der Waals surface area contributed by atoms with Crippen molar-refractivity contribution in [1.29, 1.82) is 0 Å². The van der Waals surface area contributed by atoms with Gasteiger partial charge in [0.25, 0.3) is 5.91 Å². The molecule has 0 aromatic carbocycles. The van der Waals surface area contributed by atoms with Gasteiger partial charge in [-0.05, 0) is 18.4 Å². The minimum absolute atomic E-state index is 0.0988. The molecule has 21 heavy (non-hydrogen) atoms. The third-order valence-electron chi connectivity index (χ3n) is 4.06. The maximum atomic E-state index is 12.7. The summed E-state index contributed by atoms with van der Waals surface area (Å²) in [5.41, 5.74) is -0.729. The van der Waals surface area contributed by atoms with E-state index < -0.39 is 5.60 Å². The summed E-state index contributed by atoms with van der Waals surface area (Å²) in [5, 5.41) is 2.09. The van der Waals surface area contributed by atoms with Crippen molar-refractivity contribution < 1.29 is 14.3 Å². The zero-order valence-electron chi connectivity index (χ0n) is 12.4. The molecule has 3 heterocycles. The Balaban J connectivity index is 1.64. The van der Waals surface area contributed by atoms with Crippen LogP contribution in [0.4, 0.5) is 0 Å². The van der Waals surface area contributed by atoms with Gasteiger partial charge in [-0.1, -0.05) is 6.07 Å². The highest BCUT2D eigenvalue weighted by atomic mass is 32.1. The normalized spacial score (nSPS) is 27.8. The molecule has 0 aliphatic carbocycles. The SMILES string of the molecule is C[C@@]1(C(=O)N2CCOCC2)CN(Cc2cccs2)CCO1. The number of amides is 1. The Morgan fingerprint density at radius 3 is 2.86 bits per heavy atom. The van der Waals surface area contributed by atoms with Gasteiger partial charge in [0, 0.05) is 37.6 Å². The lowest BCUT2D eigenvalue weighted by atomic mass is 10.0. The smallest absolute Gasteiger partial charge is 0.256 e. The molecule has 1 atom stereocenters. The summed E-state index contributed by atoms with van der Waals surface area (Å²) in [5.74, 6) is 0.0988. The number of morpholine rings is 2. The number of carbonyl (C=O) groups excluding carboxylic acids is 1. The van der Waals surface area contributed by atoms with Gasteiger partial charge in [0.05, 0.1) is 19.8 Å². The second-order valence-electron chi connectivity index (χ2n) is 5.77. The topological polar surface area (TPSA) is 42.0 Å². The highest BCUT2D eigenvalue weighted by Crippen LogP contribution is 2.23. The second kappa shape index (κ2) is 6.44. The molecule has 1 aromatic rings. The van der Waals surface area contributed by atoms with Crippen LogP contribution < -0.4 is 0 Å². The Kier molecular flexibility index (Phi) is 4.59. The first-order valence-electron chi connectivity index (χ1n) is 7.43. The van der Waals surface area contributed by atoms with Gasteiger partial charge in [0.2, 0.25) is 0 Å². The summed E-state index contributed by atoms with van der Waals surface area (Å²) >= 11 is 1.76. The van der Waals surface area contributed by atoms with Gasteiger partial charge in [-0.25, -0.2) is 0 Å². The average Bonchev–Trinajstić information content (AvgIpc) is 3.00. The summed E-state index contributed by atoms with van der Waals surface area (Å²) in [6.07, 6.45) is 0. The Morgan fingerprint density at radius 1 is 1.33 bits per heavy atom. The van der Waals surface area contributed by atoms with Crippen LogP contribution in [0.3, 0.4) is 0 Å². The molecular formula is C15H22N2O3S. The first kappa shape index (κ1) is 15.0. The maximum Gasteiger partial charge on any atom is 0.256 e. The van der Waals surface area contributed by atoms with Crippen LogP contribution in [-0.2, 0) is 20.8 Å². The van der Waals surface area contributed by atoms with Gasteiger partial charge in [0.15, 0.2) is 5.60 Å². The van der Waals surface area contributed by atoms with Gasteiger partial charge in [-0.3, -0.25) is 9.69 Å². The number of carbonyl (C=O) groups is 1. The van der Waals surface area contributed by atoms with Gasteiger partial charge < -0.3 is 14.4 Å². The highest BCUT2D eigenvalue weighted by Gasteiger charge is 2.42. The van der Waals surface area contributed by atoms with Crippen molar-refractivity contribution in [3.8, 4) is 0 Å². The van der Waals surface area contributed by atoms with E-state index in [9.17, 15) is 4.79 Å². The lowest BCUT2D eigenvalue weighted by Crippen LogP contribution is -2.60. The zero-order chi connectivity index (χ0) is 14.7. The fourth-order valence-corrected chi connectivity index (χ4v) is 3.69. The van der Waals surface area contributed by atoms with Crippen LogP contribution >= 0.6 is 11.3 Å². The first-order valence-corrected chi connectivity index (χ1v) is 8.31.